The molecule has 0 unspecified atom stereocenters. The summed E-state index contributed by atoms with van der Waals surface area (Å²) in [5.74, 6) is 0.0556. The average molecular weight is 146 g/mol. The Morgan fingerprint density at radius 2 is 2.00 bits per heavy atom. The highest BCUT2D eigenvalue weighted by Crippen LogP contribution is 2.25. The minimum absolute atomic E-state index is 0.00255. The van der Waals surface area contributed by atoms with Gasteiger partial charge in [-0.2, -0.15) is 0 Å². The van der Waals surface area contributed by atoms with Gasteiger partial charge < -0.3 is 14.9 Å². The highest BCUT2D eigenvalue weighted by Gasteiger charge is 2.37. The van der Waals surface area contributed by atoms with Crippen molar-refractivity contribution in [2.75, 3.05) is 6.61 Å². The second kappa shape index (κ2) is 2.86. The van der Waals surface area contributed by atoms with Gasteiger partial charge in [-0.05, 0) is 6.92 Å². The van der Waals surface area contributed by atoms with Crippen molar-refractivity contribution in [1.29, 1.82) is 0 Å². The molecule has 0 bridgehead atoms. The predicted octanol–water partition coefficient (Wildman–Crippen LogP) is -0.237. The van der Waals surface area contributed by atoms with Gasteiger partial charge in [0, 0.05) is 5.92 Å². The van der Waals surface area contributed by atoms with E-state index in [1.54, 1.807) is 0 Å². The van der Waals surface area contributed by atoms with E-state index in [0.29, 0.717) is 0 Å². The maximum atomic E-state index is 9.33. The summed E-state index contributed by atoms with van der Waals surface area (Å²) in [6.45, 7) is 3.70. The van der Waals surface area contributed by atoms with Gasteiger partial charge in [-0.15, -0.1) is 0 Å². The van der Waals surface area contributed by atoms with Crippen LogP contribution in [0.5, 0.6) is 0 Å². The van der Waals surface area contributed by atoms with Crippen molar-refractivity contribution in [3.8, 4) is 0 Å². The van der Waals surface area contributed by atoms with Crippen LogP contribution < -0.4 is 0 Å². The van der Waals surface area contributed by atoms with E-state index in [0.717, 1.165) is 0 Å². The third kappa shape index (κ3) is 1.17. The molecule has 0 radical (unpaired) electrons. The predicted molar refractivity (Wildman–Crippen MR) is 36.6 cm³/mol. The zero-order valence-corrected chi connectivity index (χ0v) is 6.32. The smallest absolute Gasteiger partial charge is 0.0861 e. The van der Waals surface area contributed by atoms with Gasteiger partial charge in [-0.3, -0.25) is 0 Å². The van der Waals surface area contributed by atoms with Crippen molar-refractivity contribution < 1.29 is 14.9 Å². The Labute approximate surface area is 60.6 Å². The highest BCUT2D eigenvalue weighted by atomic mass is 16.5. The Bertz CT molecular complexity index is 115. The van der Waals surface area contributed by atoms with Crippen LogP contribution in [-0.4, -0.2) is 35.1 Å². The van der Waals surface area contributed by atoms with E-state index in [-0.39, 0.29) is 24.7 Å². The first-order chi connectivity index (χ1) is 4.66. The van der Waals surface area contributed by atoms with Crippen molar-refractivity contribution in [2.24, 2.45) is 5.92 Å². The number of aliphatic hydroxyl groups is 2. The van der Waals surface area contributed by atoms with Crippen LogP contribution in [-0.2, 0) is 4.74 Å². The van der Waals surface area contributed by atoms with Gasteiger partial charge in [-0.25, -0.2) is 0 Å². The first-order valence-corrected chi connectivity index (χ1v) is 3.61. The van der Waals surface area contributed by atoms with Gasteiger partial charge in [0.25, 0.3) is 0 Å². The molecule has 1 aliphatic rings. The molecule has 1 fully saturated rings. The van der Waals surface area contributed by atoms with E-state index in [2.05, 4.69) is 0 Å². The SMILES string of the molecule is C[C@H]1[C@H](O)[C@H](C)O[C@@H]1CO. The van der Waals surface area contributed by atoms with Gasteiger partial charge in [0.05, 0.1) is 24.9 Å². The van der Waals surface area contributed by atoms with E-state index < -0.39 is 6.10 Å². The quantitative estimate of drug-likeness (QED) is 0.537. The van der Waals surface area contributed by atoms with E-state index in [9.17, 15) is 5.11 Å². The Kier molecular flexibility index (Phi) is 2.28. The monoisotopic (exact) mass is 146 g/mol. The zero-order chi connectivity index (χ0) is 7.72. The number of aliphatic hydroxyl groups excluding tert-OH is 2. The highest BCUT2D eigenvalue weighted by molar-refractivity contribution is 4.84. The lowest BCUT2D eigenvalue weighted by atomic mass is 10.00. The lowest BCUT2D eigenvalue weighted by molar-refractivity contribution is -0.00171. The Balaban J connectivity index is 2.53. The zero-order valence-electron chi connectivity index (χ0n) is 6.32. The number of rotatable bonds is 1. The summed E-state index contributed by atoms with van der Waals surface area (Å²) in [7, 11) is 0. The molecule has 10 heavy (non-hydrogen) atoms. The molecule has 2 N–H and O–H groups in total. The lowest BCUT2D eigenvalue weighted by Crippen LogP contribution is -2.24. The molecule has 0 saturated carbocycles. The molecule has 1 rings (SSSR count). The number of hydrogen-bond acceptors (Lipinski definition) is 3. The Hall–Kier alpha value is -0.120. The van der Waals surface area contributed by atoms with Crippen molar-refractivity contribution in [2.45, 2.75) is 32.2 Å². The topological polar surface area (TPSA) is 49.7 Å². The van der Waals surface area contributed by atoms with Gasteiger partial charge in [-0.1, -0.05) is 6.92 Å². The van der Waals surface area contributed by atoms with Crippen molar-refractivity contribution in [3.05, 3.63) is 0 Å². The lowest BCUT2D eigenvalue weighted by Gasteiger charge is -2.11. The van der Waals surface area contributed by atoms with Crippen LogP contribution in [0.15, 0.2) is 0 Å². The summed E-state index contributed by atoms with van der Waals surface area (Å²) in [5.41, 5.74) is 0. The Morgan fingerprint density at radius 3 is 2.20 bits per heavy atom. The fourth-order valence-corrected chi connectivity index (χ4v) is 1.34. The van der Waals surface area contributed by atoms with Gasteiger partial charge in [0.1, 0.15) is 0 Å². The van der Waals surface area contributed by atoms with Crippen molar-refractivity contribution >= 4 is 0 Å². The molecule has 0 aromatic heterocycles. The van der Waals surface area contributed by atoms with Crippen LogP contribution in [0.4, 0.5) is 0 Å². The van der Waals surface area contributed by atoms with Crippen LogP contribution in [0, 0.1) is 5.92 Å². The van der Waals surface area contributed by atoms with Crippen molar-refractivity contribution in [1.82, 2.24) is 0 Å². The fraction of sp³-hybridized carbons (Fsp3) is 1.00. The maximum Gasteiger partial charge on any atom is 0.0861 e. The third-order valence-electron chi connectivity index (χ3n) is 2.18. The van der Waals surface area contributed by atoms with E-state index in [4.69, 9.17) is 9.84 Å². The Morgan fingerprint density at radius 1 is 1.40 bits per heavy atom. The van der Waals surface area contributed by atoms with Crippen LogP contribution in [0.1, 0.15) is 13.8 Å². The van der Waals surface area contributed by atoms with E-state index in [1.807, 2.05) is 13.8 Å². The normalized spacial score (nSPS) is 48.0. The van der Waals surface area contributed by atoms with Gasteiger partial charge in [0.15, 0.2) is 0 Å². The fourth-order valence-electron chi connectivity index (χ4n) is 1.34. The summed E-state index contributed by atoms with van der Waals surface area (Å²) >= 11 is 0. The molecule has 1 heterocycles. The van der Waals surface area contributed by atoms with Gasteiger partial charge in [0.2, 0.25) is 0 Å². The first-order valence-electron chi connectivity index (χ1n) is 3.61. The molecule has 3 heteroatoms. The standard InChI is InChI=1S/C7H14O3/c1-4-6(3-8)10-5(2)7(4)9/h4-9H,3H2,1-2H3/t4-,5+,6-,7+/m1/s1. The number of ether oxygens (including phenoxy) is 1. The summed E-state index contributed by atoms with van der Waals surface area (Å²) in [6, 6.07) is 0. The second-order valence-corrected chi connectivity index (χ2v) is 2.91. The van der Waals surface area contributed by atoms with Crippen LogP contribution in [0.25, 0.3) is 0 Å². The molecular weight excluding hydrogens is 132 g/mol. The molecule has 0 aromatic rings. The molecule has 0 aliphatic carbocycles. The van der Waals surface area contributed by atoms with Crippen molar-refractivity contribution in [3.63, 3.8) is 0 Å². The van der Waals surface area contributed by atoms with Gasteiger partial charge >= 0.3 is 0 Å². The third-order valence-corrected chi connectivity index (χ3v) is 2.18. The molecular formula is C7H14O3. The summed E-state index contributed by atoms with van der Waals surface area (Å²) < 4.78 is 5.23. The first kappa shape index (κ1) is 7.98. The maximum absolute atomic E-state index is 9.33. The van der Waals surface area contributed by atoms with E-state index >= 15 is 0 Å². The number of hydrogen-bond donors (Lipinski definition) is 2. The molecule has 0 amide bonds. The minimum Gasteiger partial charge on any atom is -0.394 e. The molecule has 0 aromatic carbocycles. The summed E-state index contributed by atoms with van der Waals surface area (Å²) in [5, 5.41) is 18.1. The van der Waals surface area contributed by atoms with E-state index in [1.165, 1.54) is 0 Å². The summed E-state index contributed by atoms with van der Waals surface area (Å²) in [6.07, 6.45) is -0.728. The largest absolute Gasteiger partial charge is 0.394 e. The molecule has 3 nitrogen and oxygen atoms in total. The summed E-state index contributed by atoms with van der Waals surface area (Å²) in [4.78, 5) is 0. The molecule has 1 aliphatic heterocycles. The minimum atomic E-state index is -0.419. The molecule has 0 spiro atoms. The van der Waals surface area contributed by atoms with Crippen LogP contribution in [0.2, 0.25) is 0 Å². The molecule has 1 saturated heterocycles. The van der Waals surface area contributed by atoms with Crippen LogP contribution in [0.3, 0.4) is 0 Å². The average Bonchev–Trinajstić information content (AvgIpc) is 2.17. The second-order valence-electron chi connectivity index (χ2n) is 2.91. The molecule has 60 valence electrons. The van der Waals surface area contributed by atoms with Crippen LogP contribution >= 0.6 is 0 Å². The molecule has 4 atom stereocenters.